The normalized spacial score (nSPS) is 21.2. The van der Waals surface area contributed by atoms with Crippen LogP contribution in [-0.2, 0) is 27.9 Å². The molecule has 0 radical (unpaired) electrons. The van der Waals surface area contributed by atoms with Gasteiger partial charge in [-0.2, -0.15) is 0 Å². The number of hydrogen-bond donors (Lipinski definition) is 6. The summed E-state index contributed by atoms with van der Waals surface area (Å²) in [7, 11) is -5.03. The third-order valence-corrected chi connectivity index (χ3v) is 14.0. The summed E-state index contributed by atoms with van der Waals surface area (Å²) in [6.45, 7) is 4.15. The second-order valence-electron chi connectivity index (χ2n) is 19.8. The van der Waals surface area contributed by atoms with Crippen molar-refractivity contribution in [3.8, 4) is 0 Å². The SMILES string of the molecule is CC/C=C\C/C=C\C/C=C\C/C=C\CCCCCCCCCCCOCC(COP(=O)(O)OC1C(O)C(O)C(O)C(O)C1O)OC(=O)CCCCCCCCCCCCC/C=C\C/C=C\CCCCCCC. The Morgan fingerprint density at radius 2 is 0.819 bits per heavy atom. The molecule has 0 amide bonds. The summed E-state index contributed by atoms with van der Waals surface area (Å²) in [5, 5.41) is 50.4. The number of unbranched alkanes of at least 4 members (excludes halogenated alkanes) is 25. The summed E-state index contributed by atoms with van der Waals surface area (Å²) in [5.41, 5.74) is 0. The van der Waals surface area contributed by atoms with Crippen molar-refractivity contribution < 1.29 is 58.3 Å². The van der Waals surface area contributed by atoms with E-state index in [1.54, 1.807) is 0 Å². The third kappa shape index (κ3) is 39.2. The number of aliphatic hydroxyl groups is 5. The predicted octanol–water partition coefficient (Wildman–Crippen LogP) is 13.9. The second kappa shape index (κ2) is 48.4. The Labute approximate surface area is 438 Å². The minimum absolute atomic E-state index is 0.0841. The first-order valence-corrected chi connectivity index (χ1v) is 30.3. The maximum Gasteiger partial charge on any atom is 0.472 e. The van der Waals surface area contributed by atoms with Gasteiger partial charge in [0.25, 0.3) is 0 Å². The van der Waals surface area contributed by atoms with Gasteiger partial charge in [-0.1, -0.05) is 215 Å². The lowest BCUT2D eigenvalue weighted by atomic mass is 9.85. The van der Waals surface area contributed by atoms with E-state index >= 15 is 0 Å². The van der Waals surface area contributed by atoms with Gasteiger partial charge in [0.1, 0.15) is 42.7 Å². The number of aliphatic hydroxyl groups excluding tert-OH is 5. The number of carbonyl (C=O) groups is 1. The monoisotopic (exact) mass is 1040 g/mol. The van der Waals surface area contributed by atoms with Crippen LogP contribution in [-0.4, -0.2) is 98.9 Å². The van der Waals surface area contributed by atoms with Crippen LogP contribution in [0.15, 0.2) is 72.9 Å². The molecule has 1 fully saturated rings. The lowest BCUT2D eigenvalue weighted by Crippen LogP contribution is -2.64. The molecule has 6 unspecified atom stereocenters. The molecule has 0 bridgehead atoms. The van der Waals surface area contributed by atoms with E-state index in [4.69, 9.17) is 18.5 Å². The summed E-state index contributed by atoms with van der Waals surface area (Å²) in [4.78, 5) is 23.3. The molecule has 1 aliphatic carbocycles. The van der Waals surface area contributed by atoms with Gasteiger partial charge < -0.3 is 39.9 Å². The van der Waals surface area contributed by atoms with Crippen molar-refractivity contribution in [3.05, 3.63) is 72.9 Å². The largest absolute Gasteiger partial charge is 0.472 e. The summed E-state index contributed by atoms with van der Waals surface area (Å²) in [5.74, 6) is -0.482. The topological polar surface area (TPSA) is 192 Å². The lowest BCUT2D eigenvalue weighted by molar-refractivity contribution is -0.220. The third-order valence-electron chi connectivity index (χ3n) is 13.1. The molecule has 72 heavy (non-hydrogen) atoms. The lowest BCUT2D eigenvalue weighted by Gasteiger charge is -2.41. The van der Waals surface area contributed by atoms with E-state index in [0.717, 1.165) is 83.5 Å². The van der Waals surface area contributed by atoms with Gasteiger partial charge >= 0.3 is 13.8 Å². The maximum atomic E-state index is 12.9. The molecule has 0 aromatic carbocycles. The van der Waals surface area contributed by atoms with Crippen LogP contribution in [0, 0.1) is 0 Å². The molecule has 1 saturated carbocycles. The van der Waals surface area contributed by atoms with Crippen molar-refractivity contribution in [2.45, 2.75) is 275 Å². The number of allylic oxidation sites excluding steroid dienone is 12. The molecule has 1 aliphatic rings. The van der Waals surface area contributed by atoms with Gasteiger partial charge in [-0.05, 0) is 83.5 Å². The van der Waals surface area contributed by atoms with Crippen molar-refractivity contribution in [3.63, 3.8) is 0 Å². The van der Waals surface area contributed by atoms with Gasteiger partial charge in [0.2, 0.25) is 0 Å². The van der Waals surface area contributed by atoms with Crippen molar-refractivity contribution in [2.24, 2.45) is 0 Å². The van der Waals surface area contributed by atoms with Gasteiger partial charge in [0, 0.05) is 13.0 Å². The minimum atomic E-state index is -5.03. The first-order valence-electron chi connectivity index (χ1n) is 28.8. The van der Waals surface area contributed by atoms with E-state index in [2.05, 4.69) is 86.8 Å². The Hall–Kier alpha value is -2.22. The molecule has 0 heterocycles. The molecule has 0 aromatic rings. The number of rotatable bonds is 49. The first kappa shape index (κ1) is 67.8. The fourth-order valence-electron chi connectivity index (χ4n) is 8.56. The van der Waals surface area contributed by atoms with Crippen LogP contribution < -0.4 is 0 Å². The zero-order valence-corrected chi connectivity index (χ0v) is 46.1. The molecule has 13 heteroatoms. The molecule has 0 saturated heterocycles. The van der Waals surface area contributed by atoms with E-state index in [-0.39, 0.29) is 13.0 Å². The van der Waals surface area contributed by atoms with Gasteiger partial charge in [-0.15, -0.1) is 0 Å². The summed E-state index contributed by atoms with van der Waals surface area (Å²) in [6.07, 6.45) is 52.5. The highest BCUT2D eigenvalue weighted by atomic mass is 31.2. The Morgan fingerprint density at radius 1 is 0.458 bits per heavy atom. The summed E-state index contributed by atoms with van der Waals surface area (Å²) < 4.78 is 34.4. The standard InChI is InChI=1S/C59H105O12P/c1-3-5-7-9-11-13-15-17-19-21-23-25-27-28-30-32-34-36-38-40-42-44-46-48-53(60)70-52(51-69-72(66,67)71-59-57(64)55(62)54(61)56(63)58(59)65)50-68-49-47-45-43-41-39-37-35-33-31-29-26-24-22-20-18-16-14-12-10-8-6-4-2/h6,8,12,14-15,17-18,20-21,23-24,26,52,54-59,61-65H,3-5,7,9-11,13,16,19,22,25,27-51H2,1-2H3,(H,66,67)/b8-6-,14-12-,17-15-,20-18-,23-21-,26-24-. The van der Waals surface area contributed by atoms with Crippen LogP contribution in [0.5, 0.6) is 0 Å². The molecule has 1 rings (SSSR count). The number of hydrogen-bond acceptors (Lipinski definition) is 11. The van der Waals surface area contributed by atoms with Crippen LogP contribution in [0.3, 0.4) is 0 Å². The smallest absolute Gasteiger partial charge is 0.457 e. The quantitative estimate of drug-likeness (QED) is 0.0146. The van der Waals surface area contributed by atoms with Gasteiger partial charge in [0.05, 0.1) is 13.2 Å². The van der Waals surface area contributed by atoms with Gasteiger partial charge in [-0.25, -0.2) is 4.57 Å². The minimum Gasteiger partial charge on any atom is -0.457 e. The molecular weight excluding hydrogens is 932 g/mol. The predicted molar refractivity (Wildman–Crippen MR) is 295 cm³/mol. The Bertz CT molecular complexity index is 1460. The molecule has 418 valence electrons. The van der Waals surface area contributed by atoms with Crippen LogP contribution in [0.4, 0.5) is 0 Å². The molecular formula is C59H105O12P. The average Bonchev–Trinajstić information content (AvgIpc) is 3.37. The highest BCUT2D eigenvalue weighted by Crippen LogP contribution is 2.47. The van der Waals surface area contributed by atoms with Crippen molar-refractivity contribution in [2.75, 3.05) is 19.8 Å². The van der Waals surface area contributed by atoms with E-state index in [9.17, 15) is 39.8 Å². The number of esters is 1. The molecule has 0 aliphatic heterocycles. The zero-order chi connectivity index (χ0) is 52.6. The summed E-state index contributed by atoms with van der Waals surface area (Å²) in [6, 6.07) is 0. The Morgan fingerprint density at radius 3 is 1.25 bits per heavy atom. The summed E-state index contributed by atoms with van der Waals surface area (Å²) >= 11 is 0. The zero-order valence-electron chi connectivity index (χ0n) is 45.2. The molecule has 6 atom stereocenters. The fraction of sp³-hybridized carbons (Fsp3) is 0.780. The molecule has 12 nitrogen and oxygen atoms in total. The molecule has 0 aromatic heterocycles. The highest BCUT2D eigenvalue weighted by molar-refractivity contribution is 7.47. The highest BCUT2D eigenvalue weighted by Gasteiger charge is 2.51. The average molecular weight is 1040 g/mol. The van der Waals surface area contributed by atoms with E-state index < -0.39 is 63.1 Å². The van der Waals surface area contributed by atoms with E-state index in [1.165, 1.54) is 122 Å². The van der Waals surface area contributed by atoms with Crippen molar-refractivity contribution in [1.29, 1.82) is 0 Å². The first-order chi connectivity index (χ1) is 35.0. The number of phosphoric ester groups is 1. The fourth-order valence-corrected chi connectivity index (χ4v) is 9.53. The van der Waals surface area contributed by atoms with Crippen molar-refractivity contribution >= 4 is 13.8 Å². The van der Waals surface area contributed by atoms with Crippen LogP contribution >= 0.6 is 7.82 Å². The molecule has 0 spiro atoms. The number of ether oxygens (including phenoxy) is 2. The number of carbonyl (C=O) groups excluding carboxylic acids is 1. The van der Waals surface area contributed by atoms with Crippen LogP contribution in [0.2, 0.25) is 0 Å². The van der Waals surface area contributed by atoms with Gasteiger partial charge in [0.15, 0.2) is 0 Å². The Kier molecular flexibility index (Phi) is 45.6. The van der Waals surface area contributed by atoms with Crippen LogP contribution in [0.1, 0.15) is 232 Å². The van der Waals surface area contributed by atoms with E-state index in [1.807, 2.05) is 0 Å². The van der Waals surface area contributed by atoms with Crippen LogP contribution in [0.25, 0.3) is 0 Å². The number of phosphoric acid groups is 1. The molecule has 6 N–H and O–H groups in total. The Balaban J connectivity index is 2.29. The maximum absolute atomic E-state index is 12.9. The van der Waals surface area contributed by atoms with E-state index in [0.29, 0.717) is 13.0 Å². The second-order valence-corrected chi connectivity index (χ2v) is 21.2. The van der Waals surface area contributed by atoms with Crippen molar-refractivity contribution in [1.82, 2.24) is 0 Å². The van der Waals surface area contributed by atoms with Gasteiger partial charge in [-0.3, -0.25) is 13.8 Å².